The van der Waals surface area contributed by atoms with E-state index in [0.29, 0.717) is 11.1 Å². The summed E-state index contributed by atoms with van der Waals surface area (Å²) in [7, 11) is 0. The predicted molar refractivity (Wildman–Crippen MR) is 102 cm³/mol. The Morgan fingerprint density at radius 2 is 2.17 bits per heavy atom. The van der Waals surface area contributed by atoms with Crippen molar-refractivity contribution in [3.05, 3.63) is 35.4 Å². The average Bonchev–Trinajstić information content (AvgIpc) is 2.64. The Morgan fingerprint density at radius 3 is 2.79 bits per heavy atom. The molecule has 0 bridgehead atoms. The highest BCUT2D eigenvalue weighted by molar-refractivity contribution is 6.00. The first-order valence-electron chi connectivity index (χ1n) is 8.70. The Bertz CT molecular complexity index is 922. The number of hydrogen-bond acceptors (Lipinski definition) is 8. The molecule has 1 aromatic carbocycles. The molecule has 0 saturated heterocycles. The number of halogens is 1. The molecule has 1 amide bonds. The molecule has 0 aliphatic rings. The van der Waals surface area contributed by atoms with E-state index in [-0.39, 0.29) is 36.3 Å². The summed E-state index contributed by atoms with van der Waals surface area (Å²) < 4.78 is 18.6. The summed E-state index contributed by atoms with van der Waals surface area (Å²) in [5.41, 5.74) is 7.51. The van der Waals surface area contributed by atoms with Crippen LogP contribution in [0.2, 0.25) is 0 Å². The van der Waals surface area contributed by atoms with Crippen LogP contribution >= 0.6 is 0 Å². The molecule has 1 atom stereocenters. The van der Waals surface area contributed by atoms with Gasteiger partial charge >= 0.3 is 0 Å². The predicted octanol–water partition coefficient (Wildman–Crippen LogP) is 1.77. The Hall–Kier alpha value is -3.29. The average molecular weight is 403 g/mol. The Labute approximate surface area is 167 Å². The van der Waals surface area contributed by atoms with E-state index in [1.807, 2.05) is 6.07 Å². The number of nitrogens with two attached hydrogens (primary N) is 1. The van der Waals surface area contributed by atoms with Crippen molar-refractivity contribution in [2.45, 2.75) is 32.5 Å². The van der Waals surface area contributed by atoms with Crippen molar-refractivity contribution in [2.24, 2.45) is 0 Å². The topological polar surface area (TPSA) is 143 Å². The second-order valence-electron chi connectivity index (χ2n) is 6.93. The highest BCUT2D eigenvalue weighted by atomic mass is 19.1. The van der Waals surface area contributed by atoms with Crippen LogP contribution in [0.5, 0.6) is 5.88 Å². The summed E-state index contributed by atoms with van der Waals surface area (Å²) in [6, 6.07) is 8.45. The lowest BCUT2D eigenvalue weighted by atomic mass is 10.1. The van der Waals surface area contributed by atoms with Gasteiger partial charge in [-0.2, -0.15) is 10.2 Å². The number of aromatic nitrogens is 2. The number of benzene rings is 1. The van der Waals surface area contributed by atoms with E-state index in [1.165, 1.54) is 20.8 Å². The third kappa shape index (κ3) is 6.38. The van der Waals surface area contributed by atoms with Crippen molar-refractivity contribution in [1.82, 2.24) is 15.4 Å². The van der Waals surface area contributed by atoms with Gasteiger partial charge in [0.15, 0.2) is 5.82 Å². The highest BCUT2D eigenvalue weighted by Gasteiger charge is 2.23. The molecule has 2 aromatic rings. The maximum atomic E-state index is 13.3. The van der Waals surface area contributed by atoms with Gasteiger partial charge in [-0.05, 0) is 32.9 Å². The fourth-order valence-corrected chi connectivity index (χ4v) is 2.15. The molecule has 0 saturated carbocycles. The summed E-state index contributed by atoms with van der Waals surface area (Å²) in [6.45, 7) is 3.74. The molecule has 1 heterocycles. The summed E-state index contributed by atoms with van der Waals surface area (Å²) in [4.78, 5) is 25.7. The molecule has 0 radical (unpaired) electrons. The van der Waals surface area contributed by atoms with Crippen LogP contribution < -0.4 is 16.0 Å². The first-order chi connectivity index (χ1) is 13.6. The molecule has 2 rings (SSSR count). The van der Waals surface area contributed by atoms with Gasteiger partial charge in [0.05, 0.1) is 17.2 Å². The van der Waals surface area contributed by atoms with Crippen molar-refractivity contribution in [3.8, 4) is 23.3 Å². The van der Waals surface area contributed by atoms with Gasteiger partial charge in [0.1, 0.15) is 30.8 Å². The molecule has 154 valence electrons. The Kier molecular flexibility index (Phi) is 7.03. The summed E-state index contributed by atoms with van der Waals surface area (Å²) in [5, 5.41) is 18.7. The third-order valence-corrected chi connectivity index (χ3v) is 3.42. The number of anilines is 1. The minimum absolute atomic E-state index is 0.107. The standard InChI is InChI=1S/C19H22FN5O4/c1-11(20)9-28-18-14(17(26)25-29-10-19(2,3)27)15(22)23-16(24-18)13-6-4-5-12(7-13)8-21/h4-7,11,27H,9-10H2,1-3H3,(H,25,26)(H2,22,23,24). The van der Waals surface area contributed by atoms with E-state index in [9.17, 15) is 14.3 Å². The lowest BCUT2D eigenvalue weighted by molar-refractivity contribution is -0.0523. The Morgan fingerprint density at radius 1 is 1.45 bits per heavy atom. The number of nitrogen functional groups attached to an aromatic ring is 1. The lowest BCUT2D eigenvalue weighted by Gasteiger charge is -2.18. The van der Waals surface area contributed by atoms with Gasteiger partial charge in [0.2, 0.25) is 5.88 Å². The molecule has 0 aliphatic heterocycles. The van der Waals surface area contributed by atoms with Crippen molar-refractivity contribution in [2.75, 3.05) is 18.9 Å². The van der Waals surface area contributed by atoms with Crippen LogP contribution in [-0.4, -0.2) is 46.0 Å². The van der Waals surface area contributed by atoms with Gasteiger partial charge in [-0.25, -0.2) is 14.9 Å². The van der Waals surface area contributed by atoms with Gasteiger partial charge in [0, 0.05) is 5.56 Å². The minimum atomic E-state index is -1.32. The van der Waals surface area contributed by atoms with Crippen LogP contribution in [0.4, 0.5) is 10.2 Å². The van der Waals surface area contributed by atoms with Crippen molar-refractivity contribution < 1.29 is 23.9 Å². The van der Waals surface area contributed by atoms with Crippen molar-refractivity contribution in [1.29, 1.82) is 5.26 Å². The zero-order chi connectivity index (χ0) is 21.6. The van der Waals surface area contributed by atoms with Crippen molar-refractivity contribution in [3.63, 3.8) is 0 Å². The number of alkyl halides is 1. The number of nitrogens with zero attached hydrogens (tertiary/aromatic N) is 3. The van der Waals surface area contributed by atoms with Crippen LogP contribution in [0.3, 0.4) is 0 Å². The number of ether oxygens (including phenoxy) is 1. The Balaban J connectivity index is 2.39. The normalized spacial score (nSPS) is 12.1. The molecule has 29 heavy (non-hydrogen) atoms. The SMILES string of the molecule is CC(F)COc1nc(-c2cccc(C#N)c2)nc(N)c1C(=O)NOCC(C)(C)O. The second-order valence-corrected chi connectivity index (χ2v) is 6.93. The number of nitrogens with one attached hydrogen (secondary N) is 1. The quantitative estimate of drug-likeness (QED) is 0.566. The monoisotopic (exact) mass is 403 g/mol. The number of carbonyl (C=O) groups is 1. The summed E-state index contributed by atoms with van der Waals surface area (Å²) >= 11 is 0. The van der Waals surface area contributed by atoms with Crippen LogP contribution in [0, 0.1) is 11.3 Å². The molecule has 1 unspecified atom stereocenters. The number of hydrogen-bond donors (Lipinski definition) is 3. The van der Waals surface area contributed by atoms with E-state index in [1.54, 1.807) is 24.3 Å². The first-order valence-corrected chi connectivity index (χ1v) is 8.70. The number of hydroxylamine groups is 1. The smallest absolute Gasteiger partial charge is 0.284 e. The van der Waals surface area contributed by atoms with Crippen LogP contribution in [0.15, 0.2) is 24.3 Å². The molecule has 0 spiro atoms. The first kappa shape index (κ1) is 22.0. The molecule has 0 fully saturated rings. The van der Waals surface area contributed by atoms with E-state index >= 15 is 0 Å². The molecule has 9 nitrogen and oxygen atoms in total. The van der Waals surface area contributed by atoms with Crippen molar-refractivity contribution >= 4 is 11.7 Å². The van der Waals surface area contributed by atoms with Crippen LogP contribution in [0.1, 0.15) is 36.7 Å². The van der Waals surface area contributed by atoms with Crippen LogP contribution in [-0.2, 0) is 4.84 Å². The molecule has 4 N–H and O–H groups in total. The van der Waals surface area contributed by atoms with E-state index in [2.05, 4.69) is 15.4 Å². The molecular formula is C19H22FN5O4. The number of nitriles is 1. The molecule has 1 aromatic heterocycles. The van der Waals surface area contributed by atoms with E-state index < -0.39 is 17.7 Å². The summed E-state index contributed by atoms with van der Waals surface area (Å²) in [6.07, 6.45) is -1.32. The van der Waals surface area contributed by atoms with Gasteiger partial charge in [0.25, 0.3) is 5.91 Å². The largest absolute Gasteiger partial charge is 0.474 e. The van der Waals surface area contributed by atoms with Gasteiger partial charge in [-0.3, -0.25) is 9.63 Å². The molecule has 10 heteroatoms. The zero-order valence-electron chi connectivity index (χ0n) is 16.3. The maximum absolute atomic E-state index is 13.3. The van der Waals surface area contributed by atoms with Gasteiger partial charge in [-0.15, -0.1) is 0 Å². The fraction of sp³-hybridized carbons (Fsp3) is 0.368. The fourth-order valence-electron chi connectivity index (χ4n) is 2.15. The molecular weight excluding hydrogens is 381 g/mol. The van der Waals surface area contributed by atoms with Crippen LogP contribution in [0.25, 0.3) is 11.4 Å². The lowest BCUT2D eigenvalue weighted by Crippen LogP contribution is -2.34. The maximum Gasteiger partial charge on any atom is 0.284 e. The molecule has 0 aliphatic carbocycles. The van der Waals surface area contributed by atoms with Gasteiger partial charge < -0.3 is 15.6 Å². The number of aliphatic hydroxyl groups is 1. The zero-order valence-corrected chi connectivity index (χ0v) is 16.3. The second kappa shape index (κ2) is 9.27. The van der Waals surface area contributed by atoms with Gasteiger partial charge in [-0.1, -0.05) is 12.1 Å². The number of rotatable bonds is 8. The number of amides is 1. The summed E-state index contributed by atoms with van der Waals surface area (Å²) in [5.74, 6) is -1.16. The van der Waals surface area contributed by atoms with E-state index in [0.717, 1.165) is 0 Å². The number of carbonyl (C=O) groups excluding carboxylic acids is 1. The van der Waals surface area contributed by atoms with E-state index in [4.69, 9.17) is 20.6 Å². The third-order valence-electron chi connectivity index (χ3n) is 3.42. The highest BCUT2D eigenvalue weighted by Crippen LogP contribution is 2.26. The minimum Gasteiger partial charge on any atom is -0.474 e.